The number of nitrogens with zero attached hydrogens (tertiary/aromatic N) is 1. The van der Waals surface area contributed by atoms with Gasteiger partial charge in [0.25, 0.3) is 0 Å². The fraction of sp³-hybridized carbons (Fsp3) is 0.429. The van der Waals surface area contributed by atoms with Gasteiger partial charge in [-0.3, -0.25) is 4.79 Å². The molecule has 0 spiro atoms. The Kier molecular flexibility index (Phi) is 6.36. The van der Waals surface area contributed by atoms with Gasteiger partial charge in [-0.05, 0) is 31.4 Å². The van der Waals surface area contributed by atoms with Gasteiger partial charge in [-0.2, -0.15) is 13.2 Å². The normalized spacial score (nSPS) is 19.0. The summed E-state index contributed by atoms with van der Waals surface area (Å²) in [7, 11) is 0. The fourth-order valence-corrected chi connectivity index (χ4v) is 1.93. The Balaban J connectivity index is 0.000000295. The van der Waals surface area contributed by atoms with Crippen molar-refractivity contribution in [2.75, 3.05) is 11.4 Å². The molecule has 1 atom stereocenters. The van der Waals surface area contributed by atoms with Crippen LogP contribution in [0.3, 0.4) is 0 Å². The summed E-state index contributed by atoms with van der Waals surface area (Å²) >= 11 is 0. The highest BCUT2D eigenvalue weighted by atomic mass is 19.4. The number of amides is 1. The number of carbonyl (C=O) groups is 2. The van der Waals surface area contributed by atoms with Gasteiger partial charge in [0.05, 0.1) is 6.04 Å². The minimum Gasteiger partial charge on any atom is -0.475 e. The van der Waals surface area contributed by atoms with Crippen LogP contribution >= 0.6 is 0 Å². The summed E-state index contributed by atoms with van der Waals surface area (Å²) in [6, 6.07) is 9.42. The quantitative estimate of drug-likeness (QED) is 0.831. The molecule has 122 valence electrons. The van der Waals surface area contributed by atoms with E-state index in [0.717, 1.165) is 31.5 Å². The number of carbonyl (C=O) groups excluding carboxylic acids is 1. The lowest BCUT2D eigenvalue weighted by atomic mass is 10.1. The second-order valence-corrected chi connectivity index (χ2v) is 4.73. The largest absolute Gasteiger partial charge is 0.490 e. The van der Waals surface area contributed by atoms with Crippen molar-refractivity contribution in [2.45, 2.75) is 31.5 Å². The van der Waals surface area contributed by atoms with Crippen LogP contribution in [-0.4, -0.2) is 35.7 Å². The van der Waals surface area contributed by atoms with Gasteiger partial charge < -0.3 is 15.7 Å². The zero-order valence-corrected chi connectivity index (χ0v) is 11.7. The number of benzene rings is 1. The van der Waals surface area contributed by atoms with Crippen molar-refractivity contribution in [2.24, 2.45) is 5.73 Å². The highest BCUT2D eigenvalue weighted by Gasteiger charge is 2.38. The molecular formula is C14H17F3N2O3. The van der Waals surface area contributed by atoms with E-state index in [0.29, 0.717) is 0 Å². The molecule has 1 aliphatic heterocycles. The topological polar surface area (TPSA) is 83.6 Å². The van der Waals surface area contributed by atoms with Gasteiger partial charge in [0, 0.05) is 12.2 Å². The molecular weight excluding hydrogens is 301 g/mol. The molecule has 1 aliphatic rings. The Hall–Kier alpha value is -2.09. The number of alkyl halides is 3. The predicted molar refractivity (Wildman–Crippen MR) is 74.3 cm³/mol. The molecule has 0 saturated carbocycles. The lowest BCUT2D eigenvalue weighted by molar-refractivity contribution is -0.192. The van der Waals surface area contributed by atoms with Gasteiger partial charge in [-0.25, -0.2) is 4.79 Å². The van der Waals surface area contributed by atoms with E-state index in [-0.39, 0.29) is 11.9 Å². The molecule has 3 N–H and O–H groups in total. The molecule has 5 nitrogen and oxygen atoms in total. The minimum atomic E-state index is -5.08. The van der Waals surface area contributed by atoms with Crippen LogP contribution in [0.5, 0.6) is 0 Å². The second-order valence-electron chi connectivity index (χ2n) is 4.73. The number of rotatable bonds is 1. The second kappa shape index (κ2) is 7.79. The minimum absolute atomic E-state index is 0.0544. The van der Waals surface area contributed by atoms with Crippen molar-refractivity contribution in [1.29, 1.82) is 0 Å². The third-order valence-corrected chi connectivity index (χ3v) is 3.04. The molecule has 1 aromatic rings. The summed E-state index contributed by atoms with van der Waals surface area (Å²) in [5.41, 5.74) is 6.77. The first kappa shape index (κ1) is 18.0. The summed E-state index contributed by atoms with van der Waals surface area (Å²) in [4.78, 5) is 22.6. The Morgan fingerprint density at radius 2 is 1.77 bits per heavy atom. The molecule has 1 heterocycles. The van der Waals surface area contributed by atoms with Crippen molar-refractivity contribution in [1.82, 2.24) is 0 Å². The van der Waals surface area contributed by atoms with Crippen LogP contribution in [0.4, 0.5) is 18.9 Å². The molecule has 1 saturated heterocycles. The zero-order chi connectivity index (χ0) is 16.8. The van der Waals surface area contributed by atoms with Crippen LogP contribution in [0.15, 0.2) is 30.3 Å². The molecule has 0 bridgehead atoms. The molecule has 0 unspecified atom stereocenters. The van der Waals surface area contributed by atoms with Gasteiger partial charge in [0.2, 0.25) is 5.91 Å². The number of anilines is 1. The summed E-state index contributed by atoms with van der Waals surface area (Å²) in [5, 5.41) is 7.12. The average Bonchev–Trinajstić information content (AvgIpc) is 2.62. The van der Waals surface area contributed by atoms with E-state index >= 15 is 0 Å². The van der Waals surface area contributed by atoms with Crippen LogP contribution in [0.25, 0.3) is 0 Å². The number of nitrogens with two attached hydrogens (primary N) is 1. The van der Waals surface area contributed by atoms with Gasteiger partial charge >= 0.3 is 12.1 Å². The van der Waals surface area contributed by atoms with E-state index in [4.69, 9.17) is 15.6 Å². The Labute approximate surface area is 125 Å². The molecule has 0 aliphatic carbocycles. The number of para-hydroxylation sites is 1. The van der Waals surface area contributed by atoms with E-state index in [1.807, 2.05) is 30.3 Å². The van der Waals surface area contributed by atoms with Crippen molar-refractivity contribution < 1.29 is 27.9 Å². The molecule has 8 heteroatoms. The number of hydrogen-bond donors (Lipinski definition) is 2. The van der Waals surface area contributed by atoms with Crippen molar-refractivity contribution in [3.8, 4) is 0 Å². The lowest BCUT2D eigenvalue weighted by Gasteiger charge is -2.22. The highest BCUT2D eigenvalue weighted by Crippen LogP contribution is 2.19. The SMILES string of the molecule is N[C@H]1CCCCN(c2ccccc2)C1=O.O=C(O)C(F)(F)F. The maximum atomic E-state index is 11.9. The van der Waals surface area contributed by atoms with E-state index in [2.05, 4.69) is 0 Å². The van der Waals surface area contributed by atoms with Crippen molar-refractivity contribution in [3.05, 3.63) is 30.3 Å². The first-order valence-electron chi connectivity index (χ1n) is 6.65. The Morgan fingerprint density at radius 3 is 2.27 bits per heavy atom. The summed E-state index contributed by atoms with van der Waals surface area (Å²) in [6.07, 6.45) is -2.20. The predicted octanol–water partition coefficient (Wildman–Crippen LogP) is 2.16. The Morgan fingerprint density at radius 1 is 1.23 bits per heavy atom. The van der Waals surface area contributed by atoms with Crippen LogP contribution in [0.2, 0.25) is 0 Å². The first-order valence-corrected chi connectivity index (χ1v) is 6.65. The molecule has 1 fully saturated rings. The third kappa shape index (κ3) is 5.36. The first-order chi connectivity index (χ1) is 10.2. The number of hydrogen-bond acceptors (Lipinski definition) is 3. The van der Waals surface area contributed by atoms with Crippen LogP contribution in [-0.2, 0) is 9.59 Å². The number of aliphatic carboxylic acids is 1. The van der Waals surface area contributed by atoms with Gasteiger partial charge in [0.1, 0.15) is 0 Å². The zero-order valence-electron chi connectivity index (χ0n) is 11.7. The number of carboxylic acid groups (broad SMARTS) is 1. The van der Waals surface area contributed by atoms with Gasteiger partial charge in [-0.15, -0.1) is 0 Å². The van der Waals surface area contributed by atoms with Crippen molar-refractivity contribution >= 4 is 17.6 Å². The monoisotopic (exact) mass is 318 g/mol. The summed E-state index contributed by atoms with van der Waals surface area (Å²) < 4.78 is 31.7. The fourth-order valence-electron chi connectivity index (χ4n) is 1.93. The molecule has 1 amide bonds. The highest BCUT2D eigenvalue weighted by molar-refractivity contribution is 5.97. The summed E-state index contributed by atoms with van der Waals surface area (Å²) in [5.74, 6) is -2.70. The number of carboxylic acids is 1. The molecule has 2 rings (SSSR count). The molecule has 22 heavy (non-hydrogen) atoms. The van der Waals surface area contributed by atoms with Gasteiger partial charge in [0.15, 0.2) is 0 Å². The summed E-state index contributed by atoms with van der Waals surface area (Å²) in [6.45, 7) is 0.788. The molecule has 0 aromatic heterocycles. The molecule has 1 aromatic carbocycles. The van der Waals surface area contributed by atoms with Crippen molar-refractivity contribution in [3.63, 3.8) is 0 Å². The van der Waals surface area contributed by atoms with E-state index < -0.39 is 12.1 Å². The number of halogens is 3. The van der Waals surface area contributed by atoms with Crippen LogP contribution in [0.1, 0.15) is 19.3 Å². The Bertz CT molecular complexity index is 506. The third-order valence-electron chi connectivity index (χ3n) is 3.04. The van der Waals surface area contributed by atoms with E-state index in [9.17, 15) is 18.0 Å². The average molecular weight is 318 g/mol. The van der Waals surface area contributed by atoms with E-state index in [1.54, 1.807) is 4.90 Å². The lowest BCUT2D eigenvalue weighted by Crippen LogP contribution is -2.42. The smallest absolute Gasteiger partial charge is 0.475 e. The maximum absolute atomic E-state index is 11.9. The molecule has 0 radical (unpaired) electrons. The van der Waals surface area contributed by atoms with Crippen LogP contribution < -0.4 is 10.6 Å². The van der Waals surface area contributed by atoms with Gasteiger partial charge in [-0.1, -0.05) is 18.2 Å². The van der Waals surface area contributed by atoms with Crippen LogP contribution in [0, 0.1) is 0 Å². The maximum Gasteiger partial charge on any atom is 0.490 e. The standard InChI is InChI=1S/C12H16N2O.C2HF3O2/c13-11-8-4-5-9-14(12(11)15)10-6-2-1-3-7-10;3-2(4,5)1(6)7/h1-3,6-7,11H,4-5,8-9,13H2;(H,6,7)/t11-;/m0./s1. The van der Waals surface area contributed by atoms with E-state index in [1.165, 1.54) is 0 Å².